The van der Waals surface area contributed by atoms with Crippen molar-refractivity contribution < 1.29 is 4.25 Å². The van der Waals surface area contributed by atoms with Crippen molar-refractivity contribution in [3.63, 3.8) is 0 Å². The predicted molar refractivity (Wildman–Crippen MR) is 68.6 cm³/mol. The van der Waals surface area contributed by atoms with E-state index in [1.165, 1.54) is 43.5 Å². The van der Waals surface area contributed by atoms with E-state index in [0.29, 0.717) is 0 Å². The molecule has 0 aliphatic carbocycles. The van der Waals surface area contributed by atoms with Crippen molar-refractivity contribution >= 4 is 21.4 Å². The molecule has 88 valence electrons. The van der Waals surface area contributed by atoms with Gasteiger partial charge in [0.25, 0.3) is 0 Å². The van der Waals surface area contributed by atoms with Gasteiger partial charge in [0, 0.05) is 0 Å². The third-order valence-electron chi connectivity index (χ3n) is 5.01. The van der Waals surface area contributed by atoms with Crippen LogP contribution in [0.4, 0.5) is 0 Å². The molecule has 0 aromatic rings. The summed E-state index contributed by atoms with van der Waals surface area (Å²) in [4.78, 5) is 0. The van der Waals surface area contributed by atoms with Crippen molar-refractivity contribution in [2.45, 2.75) is 0 Å². The number of likely N-dealkylation sites (N-methyl/N-ethyl adjacent to an activating group) is 3. The molecule has 0 N–H and O–H groups in total. The summed E-state index contributed by atoms with van der Waals surface area (Å²) in [5.41, 5.74) is 0. The Morgan fingerprint density at radius 2 is 1.20 bits per heavy atom. The van der Waals surface area contributed by atoms with Gasteiger partial charge in [-0.2, -0.15) is 0 Å². The van der Waals surface area contributed by atoms with Crippen LogP contribution in [0.25, 0.3) is 0 Å². The van der Waals surface area contributed by atoms with E-state index in [1.54, 1.807) is 0 Å². The standard InChI is InChI=1S/C9H21BrN4P/c1-11-4-7-14-8-5-12(2)15(11,14,10)13(3)6-9-14/h4-9H2,1-3H3/q+1. The fourth-order valence-electron chi connectivity index (χ4n) is 4.11. The Balaban J connectivity index is 2.26. The van der Waals surface area contributed by atoms with E-state index in [9.17, 15) is 0 Å². The van der Waals surface area contributed by atoms with Crippen LogP contribution in [0.1, 0.15) is 0 Å². The molecule has 3 saturated heterocycles. The molecule has 0 atom stereocenters. The van der Waals surface area contributed by atoms with Gasteiger partial charge in [0.2, 0.25) is 0 Å². The second-order valence-corrected chi connectivity index (χ2v) is 13.6. The summed E-state index contributed by atoms with van der Waals surface area (Å²) >= 11 is 4.27. The topological polar surface area (TPSA) is 9.72 Å². The molecule has 3 aliphatic rings. The van der Waals surface area contributed by atoms with E-state index in [0.717, 1.165) is 0 Å². The summed E-state index contributed by atoms with van der Waals surface area (Å²) < 4.78 is 9.16. The van der Waals surface area contributed by atoms with Crippen LogP contribution < -0.4 is 0 Å². The van der Waals surface area contributed by atoms with Gasteiger partial charge in [0.15, 0.2) is 0 Å². The molecule has 0 amide bonds. The van der Waals surface area contributed by atoms with Crippen LogP contribution in [0.15, 0.2) is 0 Å². The number of hydrogen-bond donors (Lipinski definition) is 0. The van der Waals surface area contributed by atoms with Crippen molar-refractivity contribution in [1.82, 2.24) is 14.0 Å². The Morgan fingerprint density at radius 1 is 0.867 bits per heavy atom. The number of nitrogens with zero attached hydrogens (tertiary/aromatic N) is 4. The number of quaternary nitrogens is 1. The molecule has 0 radical (unpaired) electrons. The van der Waals surface area contributed by atoms with E-state index in [4.69, 9.17) is 0 Å². The summed E-state index contributed by atoms with van der Waals surface area (Å²) in [5.74, 6) is -2.13. The number of hydrogen-bond acceptors (Lipinski definition) is 3. The zero-order valence-corrected chi connectivity index (χ0v) is 12.3. The van der Waals surface area contributed by atoms with Crippen molar-refractivity contribution in [2.24, 2.45) is 0 Å². The van der Waals surface area contributed by atoms with E-state index < -0.39 is 5.91 Å². The van der Waals surface area contributed by atoms with Crippen LogP contribution in [0.5, 0.6) is 0 Å². The van der Waals surface area contributed by atoms with Gasteiger partial charge in [-0.3, -0.25) is 0 Å². The molecule has 15 heavy (non-hydrogen) atoms. The minimum atomic E-state index is -2.13. The zero-order chi connectivity index (χ0) is 10.9. The van der Waals surface area contributed by atoms with Crippen molar-refractivity contribution in [3.8, 4) is 0 Å². The molecule has 6 heteroatoms. The van der Waals surface area contributed by atoms with Gasteiger partial charge in [-0.15, -0.1) is 0 Å². The summed E-state index contributed by atoms with van der Waals surface area (Å²) in [5, 5.41) is 0. The van der Waals surface area contributed by atoms with E-state index >= 15 is 0 Å². The molecule has 0 saturated carbocycles. The molecule has 3 aliphatic heterocycles. The minimum absolute atomic E-state index is 1.23. The summed E-state index contributed by atoms with van der Waals surface area (Å²) in [6.07, 6.45) is 0. The maximum atomic E-state index is 4.27. The van der Waals surface area contributed by atoms with E-state index in [-0.39, 0.29) is 0 Å². The average Bonchev–Trinajstić information content (AvgIpc) is 2.68. The van der Waals surface area contributed by atoms with E-state index in [2.05, 4.69) is 50.6 Å². The zero-order valence-electron chi connectivity index (χ0n) is 9.86. The first-order valence-electron chi connectivity index (χ1n) is 5.71. The molecular formula is C9H21BrN4P+. The molecule has 4 nitrogen and oxygen atoms in total. The maximum absolute atomic E-state index is 4.27. The first-order chi connectivity index (χ1) is 6.96. The molecule has 0 unspecified atom stereocenters. The summed E-state index contributed by atoms with van der Waals surface area (Å²) in [7, 11) is 6.91. The van der Waals surface area contributed by atoms with Gasteiger partial charge in [0.05, 0.1) is 0 Å². The SMILES string of the molecule is CN1CC[N+]23CCN(C)P12(Br)N(C)CC3. The predicted octanol–water partition coefficient (Wildman–Crippen LogP) is 1.16. The molecule has 3 fully saturated rings. The normalized spacial score (nSPS) is 47.3. The third kappa shape index (κ3) is 0.800. The Labute approximate surface area is 100 Å². The Kier molecular flexibility index (Phi) is 2.01. The Hall–Kier alpha value is 0.750. The van der Waals surface area contributed by atoms with Crippen molar-refractivity contribution in [3.05, 3.63) is 0 Å². The van der Waals surface area contributed by atoms with Crippen LogP contribution in [-0.2, 0) is 0 Å². The molecular weight excluding hydrogens is 275 g/mol. The van der Waals surface area contributed by atoms with Crippen molar-refractivity contribution in [2.75, 3.05) is 60.4 Å². The molecule has 3 heterocycles. The second-order valence-electron chi connectivity index (χ2n) is 5.25. The molecule has 0 aromatic carbocycles. The number of halogens is 1. The fourth-order valence-corrected chi connectivity index (χ4v) is 13.1. The average molecular weight is 296 g/mol. The molecule has 0 aromatic heterocycles. The summed E-state index contributed by atoms with van der Waals surface area (Å²) in [6, 6.07) is 0. The number of rotatable bonds is 0. The third-order valence-corrected chi connectivity index (χ3v) is 18.1. The quantitative estimate of drug-likeness (QED) is 0.621. The van der Waals surface area contributed by atoms with Crippen LogP contribution in [-0.4, -0.2) is 78.7 Å². The van der Waals surface area contributed by atoms with Crippen LogP contribution in [0, 0.1) is 0 Å². The van der Waals surface area contributed by atoms with Crippen LogP contribution in [0.3, 0.4) is 0 Å². The molecule has 0 spiro atoms. The monoisotopic (exact) mass is 295 g/mol. The van der Waals surface area contributed by atoms with Crippen LogP contribution >= 0.6 is 21.4 Å². The van der Waals surface area contributed by atoms with Crippen LogP contribution in [0.2, 0.25) is 0 Å². The van der Waals surface area contributed by atoms with Gasteiger partial charge in [-0.05, 0) is 0 Å². The van der Waals surface area contributed by atoms with Gasteiger partial charge in [0.1, 0.15) is 0 Å². The second kappa shape index (κ2) is 2.77. The first-order valence-corrected chi connectivity index (χ1v) is 9.77. The summed E-state index contributed by atoms with van der Waals surface area (Å²) in [6.45, 7) is 7.68. The molecule has 0 bridgehead atoms. The van der Waals surface area contributed by atoms with Gasteiger partial charge >= 0.3 is 100 Å². The Bertz CT molecular complexity index is 282. The fraction of sp³-hybridized carbons (Fsp3) is 1.00. The van der Waals surface area contributed by atoms with E-state index in [1.807, 2.05) is 0 Å². The van der Waals surface area contributed by atoms with Crippen molar-refractivity contribution in [1.29, 1.82) is 0 Å². The molecule has 3 rings (SSSR count). The van der Waals surface area contributed by atoms with Gasteiger partial charge < -0.3 is 0 Å². The van der Waals surface area contributed by atoms with Gasteiger partial charge in [-0.25, -0.2) is 0 Å². The Morgan fingerprint density at radius 3 is 1.47 bits per heavy atom. The first kappa shape index (κ1) is 10.9. The van der Waals surface area contributed by atoms with Gasteiger partial charge in [-0.1, -0.05) is 0 Å².